The van der Waals surface area contributed by atoms with Crippen molar-refractivity contribution in [1.82, 2.24) is 0 Å². The number of amides is 1. The summed E-state index contributed by atoms with van der Waals surface area (Å²) in [5.74, 6) is 0.0793. The minimum atomic E-state index is 0.0793. The summed E-state index contributed by atoms with van der Waals surface area (Å²) in [6.07, 6.45) is 0.533. The molecule has 0 aromatic heterocycles. The van der Waals surface area contributed by atoms with Gasteiger partial charge < -0.3 is 10.2 Å². The van der Waals surface area contributed by atoms with E-state index in [0.29, 0.717) is 6.42 Å². The normalized spacial score (nSPS) is 12.0. The smallest absolute Gasteiger partial charge is 0.230 e. The van der Waals surface area contributed by atoms with Crippen molar-refractivity contribution < 1.29 is 9.69 Å². The largest absolute Gasteiger partial charge is 0.333 e. The first-order valence-corrected chi connectivity index (χ1v) is 7.77. The fraction of sp³-hybridized carbons (Fsp3) is 0.316. The molecule has 1 amide bonds. The molecule has 0 heterocycles. The van der Waals surface area contributed by atoms with Crippen LogP contribution >= 0.6 is 0 Å². The maximum Gasteiger partial charge on any atom is 0.230 e. The lowest BCUT2D eigenvalue weighted by Gasteiger charge is -2.14. The fourth-order valence-corrected chi connectivity index (χ4v) is 2.40. The van der Waals surface area contributed by atoms with Crippen LogP contribution in [0.2, 0.25) is 0 Å². The van der Waals surface area contributed by atoms with Crippen LogP contribution in [0.1, 0.15) is 23.1 Å². The van der Waals surface area contributed by atoms with Crippen LogP contribution in [0.3, 0.4) is 0 Å². The molecule has 2 aromatic carbocycles. The lowest BCUT2D eigenvalue weighted by atomic mass is 10.1. The third-order valence-electron chi connectivity index (χ3n) is 3.92. The van der Waals surface area contributed by atoms with E-state index >= 15 is 0 Å². The first kappa shape index (κ1) is 16.2. The predicted octanol–water partition coefficient (Wildman–Crippen LogP) is 2.35. The Morgan fingerprint density at radius 2 is 1.77 bits per heavy atom. The first-order chi connectivity index (χ1) is 10.5. The van der Waals surface area contributed by atoms with Crippen LogP contribution in [0, 0.1) is 13.8 Å². The highest BCUT2D eigenvalue weighted by Gasteiger charge is 2.08. The van der Waals surface area contributed by atoms with Crippen LogP contribution < -0.4 is 10.2 Å². The number of hydrogen-bond donors (Lipinski definition) is 2. The molecule has 0 aliphatic rings. The van der Waals surface area contributed by atoms with E-state index in [1.807, 2.05) is 24.3 Å². The molecule has 1 atom stereocenters. The van der Waals surface area contributed by atoms with Crippen LogP contribution in [-0.2, 0) is 11.3 Å². The Hall–Kier alpha value is -2.13. The Morgan fingerprint density at radius 1 is 1.05 bits per heavy atom. The second-order valence-corrected chi connectivity index (χ2v) is 5.97. The molecule has 0 radical (unpaired) electrons. The third-order valence-corrected chi connectivity index (χ3v) is 3.92. The lowest BCUT2D eigenvalue weighted by Crippen LogP contribution is -3.07. The van der Waals surface area contributed by atoms with Gasteiger partial charge in [0.15, 0.2) is 0 Å². The number of hydrogen-bond acceptors (Lipinski definition) is 1. The summed E-state index contributed by atoms with van der Waals surface area (Å²) in [5.41, 5.74) is 4.62. The molecule has 116 valence electrons. The van der Waals surface area contributed by atoms with E-state index in [9.17, 15) is 4.79 Å². The highest BCUT2D eigenvalue weighted by atomic mass is 16.1. The zero-order chi connectivity index (χ0) is 15.9. The Bertz CT molecular complexity index is 623. The summed E-state index contributed by atoms with van der Waals surface area (Å²) in [6.45, 7) is 5.90. The van der Waals surface area contributed by atoms with Crippen LogP contribution in [-0.4, -0.2) is 19.5 Å². The quantitative estimate of drug-likeness (QED) is 0.843. The van der Waals surface area contributed by atoms with Crippen LogP contribution in [0.4, 0.5) is 5.69 Å². The average Bonchev–Trinajstić information content (AvgIpc) is 2.50. The molecular formula is C19H25N2O+. The summed E-state index contributed by atoms with van der Waals surface area (Å²) in [4.78, 5) is 13.4. The maximum atomic E-state index is 12.0. The van der Waals surface area contributed by atoms with Crippen molar-refractivity contribution >= 4 is 11.6 Å². The molecule has 0 aliphatic carbocycles. The topological polar surface area (TPSA) is 33.5 Å². The molecule has 2 N–H and O–H groups in total. The van der Waals surface area contributed by atoms with Crippen molar-refractivity contribution in [2.45, 2.75) is 26.8 Å². The van der Waals surface area contributed by atoms with E-state index in [2.05, 4.69) is 50.5 Å². The minimum Gasteiger partial charge on any atom is -0.333 e. The number of aryl methyl sites for hydroxylation is 2. The SMILES string of the molecule is Cc1ccc(NC(=O)CC[NH+](C)Cc2ccccc2)cc1C. The monoisotopic (exact) mass is 297 g/mol. The Labute approximate surface area is 133 Å². The van der Waals surface area contributed by atoms with E-state index in [0.717, 1.165) is 18.8 Å². The summed E-state index contributed by atoms with van der Waals surface area (Å²) in [7, 11) is 2.12. The van der Waals surface area contributed by atoms with E-state index < -0.39 is 0 Å². The van der Waals surface area contributed by atoms with E-state index in [1.54, 1.807) is 0 Å². The van der Waals surface area contributed by atoms with Crippen molar-refractivity contribution in [3.05, 3.63) is 65.2 Å². The third kappa shape index (κ3) is 5.01. The number of rotatable bonds is 6. The summed E-state index contributed by atoms with van der Waals surface area (Å²) >= 11 is 0. The van der Waals surface area contributed by atoms with Crippen molar-refractivity contribution in [3.63, 3.8) is 0 Å². The van der Waals surface area contributed by atoms with Gasteiger partial charge in [-0.05, 0) is 37.1 Å². The molecular weight excluding hydrogens is 272 g/mol. The summed E-state index contributed by atoms with van der Waals surface area (Å²) in [6, 6.07) is 16.4. The Balaban J connectivity index is 1.78. The number of carbonyl (C=O) groups is 1. The van der Waals surface area contributed by atoms with Crippen molar-refractivity contribution in [2.75, 3.05) is 18.9 Å². The van der Waals surface area contributed by atoms with Gasteiger partial charge in [-0.1, -0.05) is 36.4 Å². The number of benzene rings is 2. The molecule has 0 bridgehead atoms. The van der Waals surface area contributed by atoms with Crippen molar-refractivity contribution in [3.8, 4) is 0 Å². The molecule has 2 aromatic rings. The number of carbonyl (C=O) groups excluding carboxylic acids is 1. The van der Waals surface area contributed by atoms with Gasteiger partial charge in [0, 0.05) is 11.3 Å². The Morgan fingerprint density at radius 3 is 2.45 bits per heavy atom. The molecule has 0 fully saturated rings. The van der Waals surface area contributed by atoms with Gasteiger partial charge in [-0.2, -0.15) is 0 Å². The molecule has 0 aliphatic heterocycles. The standard InChI is InChI=1S/C19H24N2O/c1-15-9-10-18(13-16(15)2)20-19(22)11-12-21(3)14-17-7-5-4-6-8-17/h4-10,13H,11-12,14H2,1-3H3,(H,20,22)/p+1. The highest BCUT2D eigenvalue weighted by molar-refractivity contribution is 5.90. The van der Waals surface area contributed by atoms with Gasteiger partial charge in [0.2, 0.25) is 5.91 Å². The van der Waals surface area contributed by atoms with Crippen LogP contribution in [0.25, 0.3) is 0 Å². The second-order valence-electron chi connectivity index (χ2n) is 5.97. The van der Waals surface area contributed by atoms with E-state index in [-0.39, 0.29) is 5.91 Å². The number of quaternary nitrogens is 1. The second kappa shape index (κ2) is 7.76. The number of nitrogens with one attached hydrogen (secondary N) is 2. The van der Waals surface area contributed by atoms with E-state index in [4.69, 9.17) is 0 Å². The summed E-state index contributed by atoms with van der Waals surface area (Å²) in [5, 5.41) is 2.98. The molecule has 3 nitrogen and oxygen atoms in total. The van der Waals surface area contributed by atoms with Gasteiger partial charge in [-0.3, -0.25) is 4.79 Å². The van der Waals surface area contributed by atoms with Gasteiger partial charge in [0.1, 0.15) is 6.54 Å². The summed E-state index contributed by atoms with van der Waals surface area (Å²) < 4.78 is 0. The van der Waals surface area contributed by atoms with Crippen LogP contribution in [0.5, 0.6) is 0 Å². The lowest BCUT2D eigenvalue weighted by molar-refractivity contribution is -0.893. The van der Waals surface area contributed by atoms with E-state index in [1.165, 1.54) is 21.6 Å². The van der Waals surface area contributed by atoms with Gasteiger partial charge in [0.25, 0.3) is 0 Å². The molecule has 0 saturated carbocycles. The zero-order valence-corrected chi connectivity index (χ0v) is 13.6. The Kier molecular flexibility index (Phi) is 5.73. The van der Waals surface area contributed by atoms with Gasteiger partial charge in [-0.25, -0.2) is 0 Å². The molecule has 0 spiro atoms. The predicted molar refractivity (Wildman–Crippen MR) is 91.1 cm³/mol. The molecule has 3 heteroatoms. The first-order valence-electron chi connectivity index (χ1n) is 7.77. The zero-order valence-electron chi connectivity index (χ0n) is 13.6. The highest BCUT2D eigenvalue weighted by Crippen LogP contribution is 2.14. The van der Waals surface area contributed by atoms with Crippen molar-refractivity contribution in [1.29, 1.82) is 0 Å². The van der Waals surface area contributed by atoms with Gasteiger partial charge in [-0.15, -0.1) is 0 Å². The number of anilines is 1. The van der Waals surface area contributed by atoms with Crippen LogP contribution in [0.15, 0.2) is 48.5 Å². The average molecular weight is 297 g/mol. The van der Waals surface area contributed by atoms with Crippen molar-refractivity contribution in [2.24, 2.45) is 0 Å². The van der Waals surface area contributed by atoms with Gasteiger partial charge in [0.05, 0.1) is 20.0 Å². The fourth-order valence-electron chi connectivity index (χ4n) is 2.40. The molecule has 1 unspecified atom stereocenters. The maximum absolute atomic E-state index is 12.0. The molecule has 2 rings (SSSR count). The minimum absolute atomic E-state index is 0.0793. The van der Waals surface area contributed by atoms with Gasteiger partial charge >= 0.3 is 0 Å². The molecule has 22 heavy (non-hydrogen) atoms. The molecule has 0 saturated heterocycles.